The number of amides is 1. The van der Waals surface area contributed by atoms with Gasteiger partial charge in [0, 0.05) is 30.4 Å². The van der Waals surface area contributed by atoms with Crippen LogP contribution in [-0.2, 0) is 11.2 Å². The van der Waals surface area contributed by atoms with Crippen molar-refractivity contribution in [3.8, 4) is 10.8 Å². The summed E-state index contributed by atoms with van der Waals surface area (Å²) < 4.78 is 5.60. The molecule has 2 atom stereocenters. The maximum Gasteiger partial charge on any atom is 0.228 e. The fourth-order valence-electron chi connectivity index (χ4n) is 3.40. The van der Waals surface area contributed by atoms with Gasteiger partial charge in [-0.2, -0.15) is 0 Å². The number of furan rings is 1. The first-order valence-corrected chi connectivity index (χ1v) is 9.57. The molecule has 0 radical (unpaired) electrons. The lowest BCUT2D eigenvalue weighted by atomic mass is 9.95. The van der Waals surface area contributed by atoms with Crippen LogP contribution in [-0.4, -0.2) is 34.9 Å². The number of hydrogen-bond donors (Lipinski definition) is 1. The van der Waals surface area contributed by atoms with Crippen LogP contribution in [0.1, 0.15) is 22.9 Å². The van der Waals surface area contributed by atoms with Crippen molar-refractivity contribution in [2.75, 3.05) is 13.1 Å². The summed E-state index contributed by atoms with van der Waals surface area (Å²) in [7, 11) is 0. The Kier molecular flexibility index (Phi) is 4.61. The van der Waals surface area contributed by atoms with Crippen molar-refractivity contribution in [1.29, 1.82) is 0 Å². The molecule has 0 aliphatic carbocycles. The average molecular weight is 367 g/mol. The number of carbonyl (C=O) groups is 1. The van der Waals surface area contributed by atoms with Gasteiger partial charge >= 0.3 is 0 Å². The van der Waals surface area contributed by atoms with Crippen LogP contribution in [0.3, 0.4) is 0 Å². The summed E-state index contributed by atoms with van der Waals surface area (Å²) in [6, 6.07) is 14.0. The Morgan fingerprint density at radius 3 is 2.81 bits per heavy atom. The second kappa shape index (κ2) is 7.05. The Bertz CT molecular complexity index is 903. The first-order chi connectivity index (χ1) is 12.6. The van der Waals surface area contributed by atoms with Crippen molar-refractivity contribution in [3.63, 3.8) is 0 Å². The Balaban J connectivity index is 1.42. The molecule has 2 aromatic heterocycles. The summed E-state index contributed by atoms with van der Waals surface area (Å²) >= 11 is 1.50. The molecule has 1 amide bonds. The van der Waals surface area contributed by atoms with Crippen molar-refractivity contribution in [1.82, 2.24) is 9.88 Å². The largest absolute Gasteiger partial charge is 0.459 e. The van der Waals surface area contributed by atoms with Crippen molar-refractivity contribution in [3.05, 3.63) is 64.9 Å². The van der Waals surface area contributed by atoms with E-state index in [4.69, 9.17) is 10.2 Å². The predicted octanol–water partition coefficient (Wildman–Crippen LogP) is 3.21. The number of likely N-dealkylation sites (tertiary alicyclic amines) is 1. The molecule has 1 aliphatic rings. The molecule has 0 unspecified atom stereocenters. The van der Waals surface area contributed by atoms with Crippen LogP contribution in [0.2, 0.25) is 0 Å². The number of hydrogen-bond acceptors (Lipinski definition) is 5. The summed E-state index contributed by atoms with van der Waals surface area (Å²) in [5, 5.41) is 2.73. The predicted molar refractivity (Wildman–Crippen MR) is 102 cm³/mol. The number of benzene rings is 1. The molecule has 1 aliphatic heterocycles. The highest BCUT2D eigenvalue weighted by atomic mass is 32.1. The van der Waals surface area contributed by atoms with Crippen LogP contribution >= 0.6 is 11.3 Å². The number of nitrogens with zero attached hydrogens (tertiary/aromatic N) is 2. The van der Waals surface area contributed by atoms with E-state index in [-0.39, 0.29) is 17.9 Å². The summed E-state index contributed by atoms with van der Waals surface area (Å²) in [4.78, 5) is 19.1. The van der Waals surface area contributed by atoms with E-state index >= 15 is 0 Å². The lowest BCUT2D eigenvalue weighted by Gasteiger charge is -2.16. The molecule has 1 saturated heterocycles. The first-order valence-electron chi connectivity index (χ1n) is 8.69. The third-order valence-electron chi connectivity index (χ3n) is 4.78. The van der Waals surface area contributed by atoms with Gasteiger partial charge in [0.2, 0.25) is 5.91 Å². The molecule has 2 N–H and O–H groups in total. The van der Waals surface area contributed by atoms with Gasteiger partial charge in [-0.25, -0.2) is 4.98 Å². The van der Waals surface area contributed by atoms with Crippen molar-refractivity contribution < 1.29 is 9.21 Å². The maximum absolute atomic E-state index is 12.7. The summed E-state index contributed by atoms with van der Waals surface area (Å²) in [5.74, 6) is 1.87. The number of aromatic nitrogens is 1. The quantitative estimate of drug-likeness (QED) is 0.768. The fraction of sp³-hybridized carbons (Fsp3) is 0.300. The Hall–Kier alpha value is -2.44. The average Bonchev–Trinajstić information content (AvgIpc) is 3.35. The molecular weight excluding hydrogens is 346 g/mol. The molecule has 26 heavy (non-hydrogen) atoms. The second-order valence-corrected chi connectivity index (χ2v) is 7.57. The molecule has 0 saturated carbocycles. The molecule has 3 heterocycles. The Labute approximate surface area is 156 Å². The van der Waals surface area contributed by atoms with Gasteiger partial charge in [-0.15, -0.1) is 11.3 Å². The lowest BCUT2D eigenvalue weighted by molar-refractivity contribution is -0.129. The number of thiazole rings is 1. The highest BCUT2D eigenvalue weighted by Crippen LogP contribution is 2.28. The van der Waals surface area contributed by atoms with Gasteiger partial charge in [-0.3, -0.25) is 4.79 Å². The lowest BCUT2D eigenvalue weighted by Crippen LogP contribution is -2.33. The van der Waals surface area contributed by atoms with Crippen molar-refractivity contribution in [2.45, 2.75) is 25.3 Å². The minimum atomic E-state index is -0.0292. The standard InChI is InChI=1S/C20H21N3O2S/c1-13-7-8-18(25-13)20-22-15(12-26-20)9-19(24)23-10-16(17(21)11-23)14-5-3-2-4-6-14/h2-8,12,16-17H,9-11,21H2,1H3/t16-,17+/m0/s1. The van der Waals surface area contributed by atoms with Gasteiger partial charge in [0.1, 0.15) is 5.76 Å². The van der Waals surface area contributed by atoms with Crippen LogP contribution < -0.4 is 5.73 Å². The van der Waals surface area contributed by atoms with E-state index in [1.165, 1.54) is 16.9 Å². The Morgan fingerprint density at radius 2 is 2.08 bits per heavy atom. The molecule has 1 fully saturated rings. The van der Waals surface area contributed by atoms with E-state index in [0.29, 0.717) is 19.5 Å². The van der Waals surface area contributed by atoms with E-state index in [0.717, 1.165) is 22.2 Å². The minimum Gasteiger partial charge on any atom is -0.459 e. The van der Waals surface area contributed by atoms with Crippen LogP contribution in [0, 0.1) is 6.92 Å². The zero-order valence-electron chi connectivity index (χ0n) is 14.6. The summed E-state index contributed by atoms with van der Waals surface area (Å²) in [6.45, 7) is 3.16. The van der Waals surface area contributed by atoms with E-state index in [9.17, 15) is 4.79 Å². The third kappa shape index (κ3) is 3.43. The minimum absolute atomic E-state index is 0.0292. The molecule has 6 heteroatoms. The number of rotatable bonds is 4. The smallest absolute Gasteiger partial charge is 0.228 e. The number of nitrogens with two attached hydrogens (primary N) is 1. The molecule has 3 aromatic rings. The molecule has 134 valence electrons. The molecule has 4 rings (SSSR count). The molecule has 1 aromatic carbocycles. The number of aryl methyl sites for hydroxylation is 1. The van der Waals surface area contributed by atoms with Gasteiger partial charge in [0.05, 0.1) is 12.1 Å². The van der Waals surface area contributed by atoms with E-state index in [1.807, 2.05) is 47.5 Å². The highest BCUT2D eigenvalue weighted by molar-refractivity contribution is 7.13. The molecular formula is C20H21N3O2S. The Morgan fingerprint density at radius 1 is 1.27 bits per heavy atom. The van der Waals surface area contributed by atoms with Crippen LogP contribution in [0.5, 0.6) is 0 Å². The number of carbonyl (C=O) groups excluding carboxylic acids is 1. The van der Waals surface area contributed by atoms with Crippen LogP contribution in [0.4, 0.5) is 0 Å². The molecule has 0 spiro atoms. The van der Waals surface area contributed by atoms with E-state index < -0.39 is 0 Å². The monoisotopic (exact) mass is 367 g/mol. The van der Waals surface area contributed by atoms with Gasteiger partial charge in [-0.05, 0) is 24.6 Å². The first kappa shape index (κ1) is 17.0. The van der Waals surface area contributed by atoms with E-state index in [2.05, 4.69) is 17.1 Å². The van der Waals surface area contributed by atoms with E-state index in [1.54, 1.807) is 0 Å². The SMILES string of the molecule is Cc1ccc(-c2nc(CC(=O)N3C[C@@H](N)[C@H](c4ccccc4)C3)cs2)o1. The fourth-order valence-corrected chi connectivity index (χ4v) is 4.18. The van der Waals surface area contributed by atoms with Gasteiger partial charge in [0.15, 0.2) is 10.8 Å². The zero-order chi connectivity index (χ0) is 18.1. The normalized spacial score (nSPS) is 19.8. The molecule has 0 bridgehead atoms. The third-order valence-corrected chi connectivity index (χ3v) is 5.69. The topological polar surface area (TPSA) is 72.4 Å². The van der Waals surface area contributed by atoms with Gasteiger partial charge < -0.3 is 15.1 Å². The zero-order valence-corrected chi connectivity index (χ0v) is 15.4. The van der Waals surface area contributed by atoms with Gasteiger partial charge in [0.25, 0.3) is 0 Å². The van der Waals surface area contributed by atoms with Crippen molar-refractivity contribution in [2.24, 2.45) is 5.73 Å². The summed E-state index contributed by atoms with van der Waals surface area (Å²) in [5.41, 5.74) is 8.27. The van der Waals surface area contributed by atoms with Crippen LogP contribution in [0.15, 0.2) is 52.3 Å². The highest BCUT2D eigenvalue weighted by Gasteiger charge is 2.33. The van der Waals surface area contributed by atoms with Crippen LogP contribution in [0.25, 0.3) is 10.8 Å². The van der Waals surface area contributed by atoms with Crippen molar-refractivity contribution >= 4 is 17.2 Å². The second-order valence-electron chi connectivity index (χ2n) is 6.71. The summed E-state index contributed by atoms with van der Waals surface area (Å²) in [6.07, 6.45) is 0.296. The maximum atomic E-state index is 12.7. The molecule has 5 nitrogen and oxygen atoms in total. The van der Waals surface area contributed by atoms with Gasteiger partial charge in [-0.1, -0.05) is 30.3 Å².